The Kier molecular flexibility index (Phi) is 6.62. The maximum absolute atomic E-state index is 4.59. The molecule has 4 rings (SSSR count). The van der Waals surface area contributed by atoms with Crippen molar-refractivity contribution in [3.63, 3.8) is 0 Å². The van der Waals surface area contributed by atoms with Crippen LogP contribution in [0.25, 0.3) is 11.0 Å². The summed E-state index contributed by atoms with van der Waals surface area (Å²) in [6, 6.07) is 16.9. The second-order valence-electron chi connectivity index (χ2n) is 7.53. The fourth-order valence-electron chi connectivity index (χ4n) is 3.44. The molecule has 31 heavy (non-hydrogen) atoms. The first-order valence-electron chi connectivity index (χ1n) is 10.5. The van der Waals surface area contributed by atoms with Crippen LogP contribution in [-0.2, 0) is 19.5 Å². The average Bonchev–Trinajstić information content (AvgIpc) is 3.34. The van der Waals surface area contributed by atoms with E-state index in [4.69, 9.17) is 0 Å². The highest BCUT2D eigenvalue weighted by molar-refractivity contribution is 7.11. The van der Waals surface area contributed by atoms with Gasteiger partial charge in [0.25, 0.3) is 0 Å². The van der Waals surface area contributed by atoms with Crippen LogP contribution in [0, 0.1) is 13.8 Å². The molecule has 0 spiro atoms. The van der Waals surface area contributed by atoms with Gasteiger partial charge in [-0.3, -0.25) is 4.99 Å². The third-order valence-electron chi connectivity index (χ3n) is 5.29. The Morgan fingerprint density at radius 2 is 1.81 bits per heavy atom. The topological polar surface area (TPSA) is 67.1 Å². The van der Waals surface area contributed by atoms with Crippen molar-refractivity contribution in [2.45, 2.75) is 33.4 Å². The van der Waals surface area contributed by atoms with Gasteiger partial charge in [0.2, 0.25) is 0 Å². The Labute approximate surface area is 187 Å². The summed E-state index contributed by atoms with van der Waals surface area (Å²) in [4.78, 5) is 14.7. The molecule has 0 aliphatic rings. The summed E-state index contributed by atoms with van der Waals surface area (Å²) in [5, 5.41) is 7.92. The third-order valence-corrected chi connectivity index (χ3v) is 6.42. The highest BCUT2D eigenvalue weighted by atomic mass is 32.1. The maximum atomic E-state index is 4.59. The van der Waals surface area contributed by atoms with Gasteiger partial charge in [-0.05, 0) is 37.1 Å². The van der Waals surface area contributed by atoms with Gasteiger partial charge in [-0.1, -0.05) is 36.4 Å². The smallest absolute Gasteiger partial charge is 0.191 e. The zero-order chi connectivity index (χ0) is 21.6. The first-order chi connectivity index (χ1) is 15.1. The first-order valence-corrected chi connectivity index (χ1v) is 11.3. The fraction of sp³-hybridized carbons (Fsp3) is 0.292. The Bertz CT molecular complexity index is 1150. The molecule has 2 heterocycles. The predicted octanol–water partition coefficient (Wildman–Crippen LogP) is 4.07. The number of thiazole rings is 1. The molecular formula is C24H28N6S. The van der Waals surface area contributed by atoms with Crippen LogP contribution in [0.3, 0.4) is 0 Å². The molecule has 0 saturated carbocycles. The van der Waals surface area contributed by atoms with Gasteiger partial charge in [-0.2, -0.15) is 0 Å². The summed E-state index contributed by atoms with van der Waals surface area (Å²) in [7, 11) is 1.80. The van der Waals surface area contributed by atoms with Crippen molar-refractivity contribution in [1.29, 1.82) is 0 Å². The SMILES string of the molecule is CN=C(NCCc1nc(C)c(C)s1)NCc1ccc(Cn2cnc3ccccc32)cc1. The number of hydrogen-bond acceptors (Lipinski definition) is 4. The highest BCUT2D eigenvalue weighted by Gasteiger charge is 2.05. The van der Waals surface area contributed by atoms with E-state index in [1.807, 2.05) is 18.5 Å². The summed E-state index contributed by atoms with van der Waals surface area (Å²) in [6.07, 6.45) is 2.81. The van der Waals surface area contributed by atoms with Crippen LogP contribution in [0.15, 0.2) is 59.9 Å². The molecule has 0 amide bonds. The van der Waals surface area contributed by atoms with E-state index in [0.29, 0.717) is 0 Å². The second kappa shape index (κ2) is 9.75. The van der Waals surface area contributed by atoms with Gasteiger partial charge in [0.1, 0.15) is 0 Å². The van der Waals surface area contributed by atoms with Crippen LogP contribution in [0.5, 0.6) is 0 Å². The molecule has 0 fully saturated rings. The molecule has 0 radical (unpaired) electrons. The zero-order valence-electron chi connectivity index (χ0n) is 18.2. The van der Waals surface area contributed by atoms with E-state index in [1.165, 1.54) is 21.0 Å². The number of aryl methyl sites for hydroxylation is 2. The Balaban J connectivity index is 1.27. The number of fused-ring (bicyclic) bond motifs is 1. The van der Waals surface area contributed by atoms with E-state index in [0.717, 1.165) is 48.7 Å². The molecule has 7 heteroatoms. The molecule has 0 unspecified atom stereocenters. The molecule has 0 aliphatic carbocycles. The number of nitrogens with one attached hydrogen (secondary N) is 2. The van der Waals surface area contributed by atoms with Crippen LogP contribution in [0.4, 0.5) is 0 Å². The molecule has 2 N–H and O–H groups in total. The predicted molar refractivity (Wildman–Crippen MR) is 129 cm³/mol. The summed E-state index contributed by atoms with van der Waals surface area (Å²) >= 11 is 1.77. The minimum atomic E-state index is 0.726. The molecule has 2 aromatic heterocycles. The number of rotatable bonds is 7. The number of imidazole rings is 1. The summed E-state index contributed by atoms with van der Waals surface area (Å²) in [5.41, 5.74) is 5.79. The molecule has 4 aromatic rings. The van der Waals surface area contributed by atoms with Crippen molar-refractivity contribution in [1.82, 2.24) is 25.2 Å². The zero-order valence-corrected chi connectivity index (χ0v) is 19.0. The second-order valence-corrected chi connectivity index (χ2v) is 8.82. The first kappa shape index (κ1) is 21.1. The van der Waals surface area contributed by atoms with Gasteiger partial charge < -0.3 is 15.2 Å². The van der Waals surface area contributed by atoms with Gasteiger partial charge in [0, 0.05) is 38.0 Å². The molecule has 0 atom stereocenters. The van der Waals surface area contributed by atoms with E-state index < -0.39 is 0 Å². The lowest BCUT2D eigenvalue weighted by Gasteiger charge is -2.12. The van der Waals surface area contributed by atoms with Crippen molar-refractivity contribution in [2.75, 3.05) is 13.6 Å². The maximum Gasteiger partial charge on any atom is 0.191 e. The van der Waals surface area contributed by atoms with Crippen molar-refractivity contribution in [2.24, 2.45) is 4.99 Å². The Hall–Kier alpha value is -3.19. The number of aromatic nitrogens is 3. The van der Waals surface area contributed by atoms with E-state index in [-0.39, 0.29) is 0 Å². The van der Waals surface area contributed by atoms with E-state index in [9.17, 15) is 0 Å². The van der Waals surface area contributed by atoms with Crippen LogP contribution in [-0.4, -0.2) is 34.1 Å². The minimum Gasteiger partial charge on any atom is -0.356 e. The molecule has 6 nitrogen and oxygen atoms in total. The van der Waals surface area contributed by atoms with Gasteiger partial charge in [0.15, 0.2) is 5.96 Å². The number of nitrogens with zero attached hydrogens (tertiary/aromatic N) is 4. The molecule has 0 aliphatic heterocycles. The standard InChI is InChI=1S/C24H28N6S/c1-17-18(2)31-23(29-17)12-13-26-24(25-3)27-14-19-8-10-20(11-9-19)15-30-16-28-21-6-4-5-7-22(21)30/h4-11,16H,12-15H2,1-3H3,(H2,25,26,27). The summed E-state index contributed by atoms with van der Waals surface area (Å²) < 4.78 is 2.18. The van der Waals surface area contributed by atoms with E-state index in [2.05, 4.69) is 80.4 Å². The van der Waals surface area contributed by atoms with Gasteiger partial charge in [0.05, 0.1) is 28.1 Å². The van der Waals surface area contributed by atoms with Crippen LogP contribution < -0.4 is 10.6 Å². The Morgan fingerprint density at radius 3 is 2.55 bits per heavy atom. The number of aliphatic imine (C=N–C) groups is 1. The number of guanidine groups is 1. The minimum absolute atomic E-state index is 0.726. The largest absolute Gasteiger partial charge is 0.356 e. The van der Waals surface area contributed by atoms with Crippen molar-refractivity contribution < 1.29 is 0 Å². The van der Waals surface area contributed by atoms with Crippen molar-refractivity contribution in [3.8, 4) is 0 Å². The van der Waals surface area contributed by atoms with Crippen molar-refractivity contribution >= 4 is 28.3 Å². The highest BCUT2D eigenvalue weighted by Crippen LogP contribution is 2.16. The van der Waals surface area contributed by atoms with Gasteiger partial charge >= 0.3 is 0 Å². The van der Waals surface area contributed by atoms with Crippen LogP contribution >= 0.6 is 11.3 Å². The molecular weight excluding hydrogens is 404 g/mol. The number of benzene rings is 2. The van der Waals surface area contributed by atoms with Gasteiger partial charge in [-0.25, -0.2) is 9.97 Å². The van der Waals surface area contributed by atoms with Crippen LogP contribution in [0.1, 0.15) is 26.7 Å². The summed E-state index contributed by atoms with van der Waals surface area (Å²) in [6.45, 7) is 6.53. The number of hydrogen-bond donors (Lipinski definition) is 2. The van der Waals surface area contributed by atoms with Gasteiger partial charge in [-0.15, -0.1) is 11.3 Å². The van der Waals surface area contributed by atoms with Crippen molar-refractivity contribution in [3.05, 3.63) is 81.6 Å². The van der Waals surface area contributed by atoms with E-state index >= 15 is 0 Å². The average molecular weight is 433 g/mol. The molecule has 0 saturated heterocycles. The normalized spacial score (nSPS) is 11.8. The lowest BCUT2D eigenvalue weighted by Crippen LogP contribution is -2.37. The quantitative estimate of drug-likeness (QED) is 0.341. The molecule has 0 bridgehead atoms. The van der Waals surface area contributed by atoms with Crippen LogP contribution in [0.2, 0.25) is 0 Å². The van der Waals surface area contributed by atoms with E-state index in [1.54, 1.807) is 18.4 Å². The fourth-order valence-corrected chi connectivity index (χ4v) is 4.37. The summed E-state index contributed by atoms with van der Waals surface area (Å²) in [5.74, 6) is 0.805. The lowest BCUT2D eigenvalue weighted by atomic mass is 10.1. The lowest BCUT2D eigenvalue weighted by molar-refractivity contribution is 0.789. The molecule has 160 valence electrons. The third kappa shape index (κ3) is 5.30. The Morgan fingerprint density at radius 1 is 1.03 bits per heavy atom. The number of para-hydroxylation sites is 2. The molecule has 2 aromatic carbocycles. The monoisotopic (exact) mass is 432 g/mol.